The van der Waals surface area contributed by atoms with Crippen LogP contribution < -0.4 is 15.5 Å². The maximum Gasteiger partial charge on any atom is 0.250 e. The molecule has 0 bridgehead atoms. The van der Waals surface area contributed by atoms with E-state index in [0.29, 0.717) is 22.9 Å². The summed E-state index contributed by atoms with van der Waals surface area (Å²) < 4.78 is 5.16. The molecule has 0 unspecified atom stereocenters. The first-order valence-corrected chi connectivity index (χ1v) is 8.34. The fraction of sp³-hybridized carbons (Fsp3) is 0.278. The molecule has 0 atom stereocenters. The van der Waals surface area contributed by atoms with E-state index in [2.05, 4.69) is 15.6 Å². The predicted molar refractivity (Wildman–Crippen MR) is 101 cm³/mol. The van der Waals surface area contributed by atoms with Gasteiger partial charge in [-0.2, -0.15) is 0 Å². The Hall–Kier alpha value is -2.64. The number of amides is 2. The van der Waals surface area contributed by atoms with E-state index in [4.69, 9.17) is 16.3 Å². The van der Waals surface area contributed by atoms with Crippen molar-refractivity contribution in [3.63, 3.8) is 0 Å². The Bertz CT molecular complexity index is 753. The van der Waals surface area contributed by atoms with Crippen LogP contribution in [0.2, 0.25) is 5.02 Å². The molecular weight excluding hydrogens is 356 g/mol. The molecule has 0 saturated carbocycles. The summed E-state index contributed by atoms with van der Waals surface area (Å²) >= 11 is 6.16. The number of hydrogen-bond donors (Lipinski definition) is 2. The fourth-order valence-electron chi connectivity index (χ4n) is 2.25. The van der Waals surface area contributed by atoms with Crippen molar-refractivity contribution in [2.75, 3.05) is 37.5 Å². The Morgan fingerprint density at radius 2 is 1.92 bits per heavy atom. The van der Waals surface area contributed by atoms with Crippen LogP contribution in [0.5, 0.6) is 0 Å². The molecule has 0 aliphatic heterocycles. The number of ether oxygens (including phenoxy) is 1. The van der Waals surface area contributed by atoms with Gasteiger partial charge >= 0.3 is 0 Å². The van der Waals surface area contributed by atoms with E-state index in [9.17, 15) is 9.59 Å². The van der Waals surface area contributed by atoms with Gasteiger partial charge in [0, 0.05) is 33.0 Å². The van der Waals surface area contributed by atoms with E-state index in [0.717, 1.165) is 5.56 Å². The Balaban J connectivity index is 1.75. The SMILES string of the molecule is CN(C)c1c(Cl)cccc1NC(=O)COCC(=O)NCc1cccnc1. The zero-order chi connectivity index (χ0) is 18.9. The first kappa shape index (κ1) is 19.7. The number of carbonyl (C=O) groups excluding carboxylic acids is 2. The normalized spacial score (nSPS) is 10.3. The third-order valence-electron chi connectivity index (χ3n) is 3.39. The van der Waals surface area contributed by atoms with Crippen LogP contribution in [0.1, 0.15) is 5.56 Å². The zero-order valence-electron chi connectivity index (χ0n) is 14.7. The number of nitrogens with one attached hydrogen (secondary N) is 2. The van der Waals surface area contributed by atoms with Crippen LogP contribution in [0.15, 0.2) is 42.7 Å². The van der Waals surface area contributed by atoms with Gasteiger partial charge in [-0.05, 0) is 23.8 Å². The fourth-order valence-corrected chi connectivity index (χ4v) is 2.59. The Morgan fingerprint density at radius 1 is 1.15 bits per heavy atom. The van der Waals surface area contributed by atoms with Gasteiger partial charge in [0.15, 0.2) is 0 Å². The van der Waals surface area contributed by atoms with Crippen molar-refractivity contribution < 1.29 is 14.3 Å². The molecule has 0 radical (unpaired) electrons. The molecule has 2 aromatic rings. The summed E-state index contributed by atoms with van der Waals surface area (Å²) in [7, 11) is 3.67. The van der Waals surface area contributed by atoms with Crippen molar-refractivity contribution in [2.24, 2.45) is 0 Å². The van der Waals surface area contributed by atoms with Crippen LogP contribution >= 0.6 is 11.6 Å². The zero-order valence-corrected chi connectivity index (χ0v) is 15.4. The van der Waals surface area contributed by atoms with Gasteiger partial charge in [-0.15, -0.1) is 0 Å². The summed E-state index contributed by atoms with van der Waals surface area (Å²) in [5, 5.41) is 5.96. The minimum absolute atomic E-state index is 0.205. The molecule has 26 heavy (non-hydrogen) atoms. The number of benzene rings is 1. The number of halogens is 1. The monoisotopic (exact) mass is 376 g/mol. The number of para-hydroxylation sites is 1. The van der Waals surface area contributed by atoms with Gasteiger partial charge in [-0.25, -0.2) is 0 Å². The van der Waals surface area contributed by atoms with Crippen LogP contribution in [0.4, 0.5) is 11.4 Å². The summed E-state index contributed by atoms with van der Waals surface area (Å²) in [6.45, 7) is -0.0829. The quantitative estimate of drug-likeness (QED) is 0.737. The summed E-state index contributed by atoms with van der Waals surface area (Å²) in [6.07, 6.45) is 3.33. The van der Waals surface area contributed by atoms with E-state index in [1.54, 1.807) is 36.7 Å². The first-order chi connectivity index (χ1) is 12.5. The number of rotatable bonds is 8. The lowest BCUT2D eigenvalue weighted by atomic mass is 10.2. The van der Waals surface area contributed by atoms with Gasteiger partial charge < -0.3 is 20.3 Å². The average Bonchev–Trinajstić information content (AvgIpc) is 2.60. The van der Waals surface area contributed by atoms with E-state index in [-0.39, 0.29) is 25.0 Å². The van der Waals surface area contributed by atoms with Crippen LogP contribution in [-0.4, -0.2) is 44.1 Å². The second-order valence-electron chi connectivity index (χ2n) is 5.71. The van der Waals surface area contributed by atoms with Gasteiger partial charge in [0.2, 0.25) is 11.8 Å². The largest absolute Gasteiger partial charge is 0.375 e. The van der Waals surface area contributed by atoms with Crippen LogP contribution in [0.25, 0.3) is 0 Å². The molecule has 0 aliphatic carbocycles. The van der Waals surface area contributed by atoms with Crippen LogP contribution in [-0.2, 0) is 20.9 Å². The van der Waals surface area contributed by atoms with Crippen molar-refractivity contribution in [3.8, 4) is 0 Å². The van der Waals surface area contributed by atoms with Crippen LogP contribution in [0, 0.1) is 0 Å². The number of pyridine rings is 1. The van der Waals surface area contributed by atoms with Crippen molar-refractivity contribution in [1.29, 1.82) is 0 Å². The lowest BCUT2D eigenvalue weighted by molar-refractivity contribution is -0.128. The molecule has 0 fully saturated rings. The second-order valence-corrected chi connectivity index (χ2v) is 6.12. The lowest BCUT2D eigenvalue weighted by Crippen LogP contribution is -2.29. The molecular formula is C18H21ClN4O3. The van der Waals surface area contributed by atoms with Crippen molar-refractivity contribution in [1.82, 2.24) is 10.3 Å². The maximum absolute atomic E-state index is 12.0. The molecule has 8 heteroatoms. The first-order valence-electron chi connectivity index (χ1n) is 7.96. The number of anilines is 2. The van der Waals surface area contributed by atoms with Gasteiger partial charge in [0.05, 0.1) is 16.4 Å². The number of aromatic nitrogens is 1. The third-order valence-corrected chi connectivity index (χ3v) is 3.69. The highest BCUT2D eigenvalue weighted by Crippen LogP contribution is 2.32. The third kappa shape index (κ3) is 6.02. The van der Waals surface area contributed by atoms with E-state index >= 15 is 0 Å². The van der Waals surface area contributed by atoms with Gasteiger partial charge in [0.25, 0.3) is 0 Å². The van der Waals surface area contributed by atoms with E-state index in [1.807, 2.05) is 25.1 Å². The van der Waals surface area contributed by atoms with E-state index < -0.39 is 0 Å². The van der Waals surface area contributed by atoms with Crippen molar-refractivity contribution in [2.45, 2.75) is 6.54 Å². The van der Waals surface area contributed by atoms with E-state index in [1.165, 1.54) is 0 Å². The Labute approximate surface area is 157 Å². The van der Waals surface area contributed by atoms with Gasteiger partial charge in [-0.3, -0.25) is 14.6 Å². The number of nitrogens with zero attached hydrogens (tertiary/aromatic N) is 2. The minimum Gasteiger partial charge on any atom is -0.375 e. The molecule has 2 N–H and O–H groups in total. The summed E-state index contributed by atoms with van der Waals surface area (Å²) in [4.78, 5) is 29.5. The molecule has 7 nitrogen and oxygen atoms in total. The molecule has 1 heterocycles. The molecule has 2 rings (SSSR count). The second kappa shape index (κ2) is 9.74. The highest BCUT2D eigenvalue weighted by Gasteiger charge is 2.12. The topological polar surface area (TPSA) is 83.6 Å². The van der Waals surface area contributed by atoms with Crippen LogP contribution in [0.3, 0.4) is 0 Å². The molecule has 0 saturated heterocycles. The molecule has 0 aliphatic rings. The molecule has 1 aromatic carbocycles. The number of hydrogen-bond acceptors (Lipinski definition) is 5. The minimum atomic E-state index is -0.365. The summed E-state index contributed by atoms with van der Waals surface area (Å²) in [5.74, 6) is -0.672. The van der Waals surface area contributed by atoms with Crippen molar-refractivity contribution >= 4 is 34.8 Å². The highest BCUT2D eigenvalue weighted by molar-refractivity contribution is 6.34. The Kier molecular flexibility index (Phi) is 7.37. The van der Waals surface area contributed by atoms with Gasteiger partial charge in [0.1, 0.15) is 13.2 Å². The highest BCUT2D eigenvalue weighted by atomic mass is 35.5. The average molecular weight is 377 g/mol. The summed E-state index contributed by atoms with van der Waals surface area (Å²) in [5.41, 5.74) is 2.17. The van der Waals surface area contributed by atoms with Gasteiger partial charge in [-0.1, -0.05) is 23.7 Å². The lowest BCUT2D eigenvalue weighted by Gasteiger charge is -2.19. The molecule has 0 spiro atoms. The standard InChI is InChI=1S/C18H21ClN4O3/c1-23(2)18-14(19)6-3-7-15(18)22-17(25)12-26-11-16(24)21-10-13-5-4-8-20-9-13/h3-9H,10-12H2,1-2H3,(H,21,24)(H,22,25). The maximum atomic E-state index is 12.0. The molecule has 138 valence electrons. The Morgan fingerprint density at radius 3 is 2.62 bits per heavy atom. The number of carbonyl (C=O) groups is 2. The molecule has 1 aromatic heterocycles. The smallest absolute Gasteiger partial charge is 0.250 e. The molecule has 2 amide bonds. The predicted octanol–water partition coefficient (Wildman–Crippen LogP) is 2.07. The summed E-state index contributed by atoms with van der Waals surface area (Å²) in [6, 6.07) is 8.89. The van der Waals surface area contributed by atoms with Crippen molar-refractivity contribution in [3.05, 3.63) is 53.3 Å².